The van der Waals surface area contributed by atoms with Crippen LogP contribution < -0.4 is 20.9 Å². The second-order valence-electron chi connectivity index (χ2n) is 9.85. The SMILES string of the molecule is CCC(C)[C@H](NP(=O)(OC[C@H]1O[C@@H](n2cc(/C=C/Br)c(=O)[nH]c2=O)C[C@@H]1O)Oc1cccc2ccccc12)C(=O)OC. The summed E-state index contributed by atoms with van der Waals surface area (Å²) in [4.78, 5) is 40.9. The summed E-state index contributed by atoms with van der Waals surface area (Å²) < 4.78 is 38.1. The van der Waals surface area contributed by atoms with Gasteiger partial charge in [-0.3, -0.25) is 23.7 Å². The van der Waals surface area contributed by atoms with Gasteiger partial charge in [0, 0.05) is 18.0 Å². The molecule has 14 heteroatoms. The molecule has 0 radical (unpaired) electrons. The zero-order valence-corrected chi connectivity index (χ0v) is 25.7. The fraction of sp³-hybridized carbons (Fsp3) is 0.393. The molecule has 0 amide bonds. The standard InChI is InChI=1S/C28H33BrN3O9P/c1-4-17(2)25(27(35)38-3)31-42(37,41-22-11-7-9-18-8-5-6-10-20(18)22)39-16-23-21(33)14-24(40-23)32-15-19(12-13-29)26(34)30-28(32)36/h5-13,15,17,21,23-25,33H,4,14,16H2,1-3H3,(H,31,37)(H,30,34,36)/b13-12+/t17?,21-,23+,24+,25-,42?/m0/s1. The lowest BCUT2D eigenvalue weighted by atomic mass is 10.0. The van der Waals surface area contributed by atoms with Gasteiger partial charge in [-0.25, -0.2) is 9.36 Å². The van der Waals surface area contributed by atoms with Gasteiger partial charge in [0.15, 0.2) is 0 Å². The lowest BCUT2D eigenvalue weighted by Crippen LogP contribution is -2.42. The Morgan fingerprint density at radius 1 is 1.29 bits per heavy atom. The summed E-state index contributed by atoms with van der Waals surface area (Å²) in [5.41, 5.74) is -1.10. The second-order valence-corrected chi connectivity index (χ2v) is 12.1. The molecule has 1 fully saturated rings. The Balaban J connectivity index is 1.60. The van der Waals surface area contributed by atoms with E-state index in [1.807, 2.05) is 31.2 Å². The van der Waals surface area contributed by atoms with Crippen molar-refractivity contribution in [2.45, 2.75) is 51.2 Å². The second kappa shape index (κ2) is 13.9. The number of fused-ring (bicyclic) bond motifs is 1. The van der Waals surface area contributed by atoms with Crippen molar-refractivity contribution >= 4 is 46.5 Å². The maximum Gasteiger partial charge on any atom is 0.459 e. The number of aromatic amines is 1. The minimum Gasteiger partial charge on any atom is -0.468 e. The summed E-state index contributed by atoms with van der Waals surface area (Å²) in [5.74, 6) is -0.676. The number of aliphatic hydroxyl groups is 1. The van der Waals surface area contributed by atoms with Gasteiger partial charge in [-0.2, -0.15) is 5.09 Å². The van der Waals surface area contributed by atoms with Crippen LogP contribution in [0.25, 0.3) is 16.8 Å². The van der Waals surface area contributed by atoms with Gasteiger partial charge < -0.3 is 19.1 Å². The fourth-order valence-electron chi connectivity index (χ4n) is 4.55. The number of aromatic nitrogens is 2. The number of hydrogen-bond donors (Lipinski definition) is 3. The van der Waals surface area contributed by atoms with Crippen molar-refractivity contribution in [1.82, 2.24) is 14.6 Å². The predicted molar refractivity (Wildman–Crippen MR) is 160 cm³/mol. The largest absolute Gasteiger partial charge is 0.468 e. The molecule has 2 heterocycles. The molecule has 1 aromatic heterocycles. The molecule has 3 N–H and O–H groups in total. The van der Waals surface area contributed by atoms with Crippen LogP contribution in [0.2, 0.25) is 0 Å². The molecule has 1 saturated heterocycles. The molecule has 4 rings (SSSR count). The molecule has 12 nitrogen and oxygen atoms in total. The summed E-state index contributed by atoms with van der Waals surface area (Å²) in [6.45, 7) is 3.26. The minimum atomic E-state index is -4.31. The van der Waals surface area contributed by atoms with E-state index < -0.39 is 56.0 Å². The lowest BCUT2D eigenvalue weighted by Gasteiger charge is -2.28. The number of carbonyl (C=O) groups excluding carboxylic acids is 1. The van der Waals surface area contributed by atoms with E-state index in [0.717, 1.165) is 9.95 Å². The molecule has 42 heavy (non-hydrogen) atoms. The monoisotopic (exact) mass is 665 g/mol. The van der Waals surface area contributed by atoms with Gasteiger partial charge >= 0.3 is 19.4 Å². The van der Waals surface area contributed by atoms with Crippen LogP contribution >= 0.6 is 23.7 Å². The van der Waals surface area contributed by atoms with Crippen molar-refractivity contribution in [2.75, 3.05) is 13.7 Å². The van der Waals surface area contributed by atoms with E-state index in [4.69, 9.17) is 18.5 Å². The van der Waals surface area contributed by atoms with Gasteiger partial charge in [-0.15, -0.1) is 0 Å². The first-order valence-electron chi connectivity index (χ1n) is 13.3. The summed E-state index contributed by atoms with van der Waals surface area (Å²) in [7, 11) is -3.08. The molecule has 0 aliphatic carbocycles. The Bertz CT molecular complexity index is 1600. The van der Waals surface area contributed by atoms with E-state index in [0.29, 0.717) is 11.8 Å². The van der Waals surface area contributed by atoms with Crippen LogP contribution in [0.5, 0.6) is 5.75 Å². The summed E-state index contributed by atoms with van der Waals surface area (Å²) in [5, 5.41) is 15.0. The predicted octanol–water partition coefficient (Wildman–Crippen LogP) is 4.08. The molecule has 226 valence electrons. The lowest BCUT2D eigenvalue weighted by molar-refractivity contribution is -0.144. The first-order chi connectivity index (χ1) is 20.1. The number of rotatable bonds is 12. The Morgan fingerprint density at radius 2 is 2.02 bits per heavy atom. The Morgan fingerprint density at radius 3 is 2.74 bits per heavy atom. The first kappa shape index (κ1) is 31.9. The normalized spacial score (nSPS) is 21.7. The van der Waals surface area contributed by atoms with Gasteiger partial charge in [0.2, 0.25) is 0 Å². The van der Waals surface area contributed by atoms with Crippen LogP contribution in [-0.2, 0) is 23.4 Å². The average molecular weight is 666 g/mol. The number of halogens is 1. The summed E-state index contributed by atoms with van der Waals surface area (Å²) in [6, 6.07) is 11.6. The third-order valence-corrected chi connectivity index (χ3v) is 8.88. The molecule has 0 bridgehead atoms. The average Bonchev–Trinajstić information content (AvgIpc) is 3.35. The van der Waals surface area contributed by atoms with Gasteiger partial charge in [-0.05, 0) is 28.4 Å². The van der Waals surface area contributed by atoms with Crippen molar-refractivity contribution in [1.29, 1.82) is 0 Å². The fourth-order valence-corrected chi connectivity index (χ4v) is 6.48. The van der Waals surface area contributed by atoms with Crippen LogP contribution in [0.1, 0.15) is 38.5 Å². The number of aliphatic hydroxyl groups excluding tert-OH is 1. The Hall–Kier alpha value is -3.06. The Kier molecular flexibility index (Phi) is 10.6. The number of ether oxygens (including phenoxy) is 2. The quantitative estimate of drug-likeness (QED) is 0.190. The van der Waals surface area contributed by atoms with Crippen LogP contribution in [0.3, 0.4) is 0 Å². The molecule has 2 unspecified atom stereocenters. The highest BCUT2D eigenvalue weighted by Gasteiger charge is 2.41. The van der Waals surface area contributed by atoms with E-state index in [-0.39, 0.29) is 23.7 Å². The first-order valence-corrected chi connectivity index (χ1v) is 15.8. The molecule has 0 spiro atoms. The van der Waals surface area contributed by atoms with Crippen molar-refractivity contribution in [3.05, 3.63) is 80.0 Å². The van der Waals surface area contributed by atoms with Crippen molar-refractivity contribution in [3.63, 3.8) is 0 Å². The molecule has 2 aromatic carbocycles. The van der Waals surface area contributed by atoms with Gasteiger partial charge in [0.25, 0.3) is 5.56 Å². The molecule has 6 atom stereocenters. The van der Waals surface area contributed by atoms with Crippen LogP contribution in [0.15, 0.2) is 63.2 Å². The zero-order chi connectivity index (χ0) is 30.4. The van der Waals surface area contributed by atoms with Crippen molar-refractivity contribution in [3.8, 4) is 5.75 Å². The third kappa shape index (κ3) is 7.28. The van der Waals surface area contributed by atoms with Crippen LogP contribution in [-0.4, -0.2) is 52.6 Å². The molecular weight excluding hydrogens is 633 g/mol. The van der Waals surface area contributed by atoms with E-state index >= 15 is 0 Å². The Labute approximate surface area is 250 Å². The van der Waals surface area contributed by atoms with Crippen LogP contribution in [0.4, 0.5) is 0 Å². The smallest absolute Gasteiger partial charge is 0.459 e. The third-order valence-electron chi connectivity index (χ3n) is 7.09. The summed E-state index contributed by atoms with van der Waals surface area (Å²) in [6.07, 6.45) is 0.279. The number of nitrogens with zero attached hydrogens (tertiary/aromatic N) is 1. The van der Waals surface area contributed by atoms with E-state index in [1.54, 1.807) is 25.1 Å². The highest BCUT2D eigenvalue weighted by Crippen LogP contribution is 2.48. The minimum absolute atomic E-state index is 0.00297. The topological polar surface area (TPSA) is 158 Å². The van der Waals surface area contributed by atoms with Crippen molar-refractivity contribution in [2.24, 2.45) is 5.92 Å². The van der Waals surface area contributed by atoms with Gasteiger partial charge in [-0.1, -0.05) is 72.6 Å². The van der Waals surface area contributed by atoms with Crippen molar-refractivity contribution < 1.29 is 33.0 Å². The number of carbonyl (C=O) groups is 1. The molecule has 1 aliphatic heterocycles. The summed E-state index contributed by atoms with van der Waals surface area (Å²) >= 11 is 3.10. The maximum atomic E-state index is 14.3. The molecule has 0 saturated carbocycles. The number of benzene rings is 2. The number of hydrogen-bond acceptors (Lipinski definition) is 9. The van der Waals surface area contributed by atoms with Crippen LogP contribution in [0, 0.1) is 5.92 Å². The maximum absolute atomic E-state index is 14.3. The van der Waals surface area contributed by atoms with E-state index in [2.05, 4.69) is 26.0 Å². The number of methoxy groups -OCH3 is 1. The molecule has 1 aliphatic rings. The zero-order valence-electron chi connectivity index (χ0n) is 23.3. The highest BCUT2D eigenvalue weighted by atomic mass is 79.9. The number of H-pyrrole nitrogens is 1. The van der Waals surface area contributed by atoms with E-state index in [1.165, 1.54) is 24.4 Å². The van der Waals surface area contributed by atoms with Gasteiger partial charge in [0.1, 0.15) is 24.1 Å². The number of nitrogens with one attached hydrogen (secondary N) is 2. The highest BCUT2D eigenvalue weighted by molar-refractivity contribution is 9.11. The molecular formula is C28H33BrN3O9P. The van der Waals surface area contributed by atoms with Gasteiger partial charge in [0.05, 0.1) is 25.4 Å². The molecule has 3 aromatic rings. The number of esters is 1. The van der Waals surface area contributed by atoms with E-state index in [9.17, 15) is 24.1 Å².